The zero-order valence-electron chi connectivity index (χ0n) is 16.5. The first kappa shape index (κ1) is 22.0. The van der Waals surface area contributed by atoms with Gasteiger partial charge in [0.2, 0.25) is 15.9 Å². The molecular formula is C21H25BrN2O4S. The van der Waals surface area contributed by atoms with Gasteiger partial charge in [-0.2, -0.15) is 0 Å². The molecule has 1 saturated heterocycles. The highest BCUT2D eigenvalue weighted by Gasteiger charge is 2.33. The molecule has 2 aromatic rings. The predicted molar refractivity (Wildman–Crippen MR) is 115 cm³/mol. The van der Waals surface area contributed by atoms with Crippen LogP contribution in [0.2, 0.25) is 0 Å². The number of rotatable bonds is 6. The molecule has 6 nitrogen and oxygen atoms in total. The molecule has 0 radical (unpaired) electrons. The van der Waals surface area contributed by atoms with Crippen molar-refractivity contribution in [3.8, 4) is 0 Å². The molecule has 1 amide bonds. The van der Waals surface area contributed by atoms with Crippen molar-refractivity contribution in [3.05, 3.63) is 64.1 Å². The van der Waals surface area contributed by atoms with Crippen LogP contribution in [0, 0.1) is 12.8 Å². The lowest BCUT2D eigenvalue weighted by Crippen LogP contribution is -2.46. The first-order chi connectivity index (χ1) is 13.8. The molecule has 1 fully saturated rings. The summed E-state index contributed by atoms with van der Waals surface area (Å²) in [5.74, 6) is -0.665. The molecule has 0 aromatic heterocycles. The average Bonchev–Trinajstić information content (AvgIpc) is 2.73. The van der Waals surface area contributed by atoms with Crippen molar-refractivity contribution in [2.45, 2.75) is 24.8 Å². The molecule has 0 spiro atoms. The number of sulfonamides is 1. The van der Waals surface area contributed by atoms with Gasteiger partial charge in [-0.3, -0.25) is 4.79 Å². The lowest BCUT2D eigenvalue weighted by atomic mass is 9.94. The van der Waals surface area contributed by atoms with Crippen LogP contribution in [0.25, 0.3) is 0 Å². The largest absolute Gasteiger partial charge is 0.378 e. The van der Waals surface area contributed by atoms with Crippen molar-refractivity contribution >= 4 is 31.9 Å². The summed E-state index contributed by atoms with van der Waals surface area (Å²) in [7, 11) is -3.80. The van der Waals surface area contributed by atoms with E-state index in [1.807, 2.05) is 31.2 Å². The number of nitrogens with one attached hydrogen (secondary N) is 1. The van der Waals surface area contributed by atoms with Gasteiger partial charge in [0.15, 0.2) is 0 Å². The summed E-state index contributed by atoms with van der Waals surface area (Å²) >= 11 is 3.40. The molecule has 1 aliphatic rings. The Balaban J connectivity index is 1.91. The van der Waals surface area contributed by atoms with Crippen LogP contribution in [0.5, 0.6) is 0 Å². The maximum absolute atomic E-state index is 13.1. The summed E-state index contributed by atoms with van der Waals surface area (Å²) in [4.78, 5) is 15.0. The number of carbonyl (C=O) groups is 1. The fourth-order valence-electron chi connectivity index (χ4n) is 3.30. The monoisotopic (exact) mass is 480 g/mol. The van der Waals surface area contributed by atoms with Crippen LogP contribution in [0.1, 0.15) is 24.1 Å². The fourth-order valence-corrected chi connectivity index (χ4v) is 4.87. The standard InChI is InChI=1S/C21H25BrN2O4S/c1-15-3-9-19(10-4-15)29(26,27)23-20(17-5-7-18(22)8-6-17)16(2)21(25)24-11-13-28-14-12-24/h3-10,16,20,23H,11-14H2,1-2H3/t16-,20+/m1/s1. The van der Waals surface area contributed by atoms with Gasteiger partial charge in [-0.25, -0.2) is 13.1 Å². The first-order valence-corrected chi connectivity index (χ1v) is 11.8. The second-order valence-electron chi connectivity index (χ2n) is 7.19. The van der Waals surface area contributed by atoms with E-state index in [9.17, 15) is 13.2 Å². The van der Waals surface area contributed by atoms with Crippen LogP contribution < -0.4 is 4.72 Å². The van der Waals surface area contributed by atoms with Crippen LogP contribution in [-0.2, 0) is 19.6 Å². The molecule has 0 bridgehead atoms. The van der Waals surface area contributed by atoms with E-state index in [1.54, 1.807) is 36.1 Å². The Hall–Kier alpha value is -1.74. The van der Waals surface area contributed by atoms with Crippen molar-refractivity contribution in [3.63, 3.8) is 0 Å². The van der Waals surface area contributed by atoms with Gasteiger partial charge >= 0.3 is 0 Å². The molecule has 2 atom stereocenters. The molecule has 8 heteroatoms. The Labute approximate surface area is 180 Å². The maximum atomic E-state index is 13.1. The Kier molecular flexibility index (Phi) is 7.10. The molecule has 1 heterocycles. The molecule has 3 rings (SSSR count). The van der Waals surface area contributed by atoms with Gasteiger partial charge in [0.1, 0.15) is 0 Å². The van der Waals surface area contributed by atoms with Crippen LogP contribution in [0.4, 0.5) is 0 Å². The van der Waals surface area contributed by atoms with Gasteiger partial charge in [0, 0.05) is 17.6 Å². The minimum Gasteiger partial charge on any atom is -0.378 e. The normalized spacial score (nSPS) is 17.0. The van der Waals surface area contributed by atoms with Gasteiger partial charge in [0.25, 0.3) is 0 Å². The molecule has 156 valence electrons. The number of benzene rings is 2. The molecule has 1 aliphatic heterocycles. The van der Waals surface area contributed by atoms with E-state index in [0.717, 1.165) is 15.6 Å². The summed E-state index contributed by atoms with van der Waals surface area (Å²) in [6.07, 6.45) is 0. The number of nitrogens with zero attached hydrogens (tertiary/aromatic N) is 1. The molecule has 2 aromatic carbocycles. The number of aryl methyl sites for hydroxylation is 1. The number of morpholine rings is 1. The summed E-state index contributed by atoms with van der Waals surface area (Å²) in [6, 6.07) is 13.3. The molecule has 0 unspecified atom stereocenters. The smallest absolute Gasteiger partial charge is 0.241 e. The van der Waals surface area contributed by atoms with Crippen molar-refractivity contribution in [2.24, 2.45) is 5.92 Å². The second kappa shape index (κ2) is 9.38. The zero-order chi connectivity index (χ0) is 21.0. The second-order valence-corrected chi connectivity index (χ2v) is 9.82. The Morgan fingerprint density at radius 1 is 1.07 bits per heavy atom. The number of ether oxygens (including phenoxy) is 1. The Bertz CT molecular complexity index is 940. The van der Waals surface area contributed by atoms with E-state index in [1.165, 1.54) is 0 Å². The number of amides is 1. The third kappa shape index (κ3) is 5.45. The number of carbonyl (C=O) groups excluding carboxylic acids is 1. The average molecular weight is 481 g/mol. The minimum absolute atomic E-state index is 0.0900. The van der Waals surface area contributed by atoms with Gasteiger partial charge in [-0.05, 0) is 36.8 Å². The highest BCUT2D eigenvalue weighted by atomic mass is 79.9. The molecule has 1 N–H and O–H groups in total. The van der Waals surface area contributed by atoms with Crippen LogP contribution in [-0.4, -0.2) is 45.5 Å². The number of halogens is 1. The summed E-state index contributed by atoms with van der Waals surface area (Å²) < 4.78 is 35.0. The van der Waals surface area contributed by atoms with E-state index in [-0.39, 0.29) is 10.8 Å². The van der Waals surface area contributed by atoms with Gasteiger partial charge in [-0.1, -0.05) is 52.7 Å². The van der Waals surface area contributed by atoms with Crippen molar-refractivity contribution in [1.29, 1.82) is 0 Å². The topological polar surface area (TPSA) is 75.7 Å². The SMILES string of the molecule is Cc1ccc(S(=O)(=O)N[C@H](c2ccc(Br)cc2)[C@@H](C)C(=O)N2CCOCC2)cc1. The van der Waals surface area contributed by atoms with Crippen molar-refractivity contribution in [1.82, 2.24) is 9.62 Å². The van der Waals surface area contributed by atoms with Crippen molar-refractivity contribution < 1.29 is 17.9 Å². The predicted octanol–water partition coefficient (Wildman–Crippen LogP) is 3.27. The third-order valence-electron chi connectivity index (χ3n) is 5.05. The van der Waals surface area contributed by atoms with E-state index in [0.29, 0.717) is 26.3 Å². The number of hydrogen-bond donors (Lipinski definition) is 1. The summed E-state index contributed by atoms with van der Waals surface area (Å²) in [5.41, 5.74) is 1.71. The molecule has 29 heavy (non-hydrogen) atoms. The van der Waals surface area contributed by atoms with E-state index in [4.69, 9.17) is 4.74 Å². The van der Waals surface area contributed by atoms with Gasteiger partial charge < -0.3 is 9.64 Å². The van der Waals surface area contributed by atoms with Crippen LogP contribution >= 0.6 is 15.9 Å². The maximum Gasteiger partial charge on any atom is 0.241 e. The van der Waals surface area contributed by atoms with Gasteiger partial charge in [-0.15, -0.1) is 0 Å². The zero-order valence-corrected chi connectivity index (χ0v) is 18.9. The van der Waals surface area contributed by atoms with Crippen LogP contribution in [0.3, 0.4) is 0 Å². The summed E-state index contributed by atoms with van der Waals surface area (Å²) in [6.45, 7) is 5.69. The molecule has 0 saturated carbocycles. The lowest BCUT2D eigenvalue weighted by molar-refractivity contribution is -0.139. The highest BCUT2D eigenvalue weighted by Crippen LogP contribution is 2.28. The van der Waals surface area contributed by atoms with E-state index in [2.05, 4.69) is 20.7 Å². The highest BCUT2D eigenvalue weighted by molar-refractivity contribution is 9.10. The summed E-state index contributed by atoms with van der Waals surface area (Å²) in [5, 5.41) is 0. The Morgan fingerprint density at radius 3 is 2.24 bits per heavy atom. The van der Waals surface area contributed by atoms with E-state index < -0.39 is 22.0 Å². The number of hydrogen-bond acceptors (Lipinski definition) is 4. The van der Waals surface area contributed by atoms with Gasteiger partial charge in [0.05, 0.1) is 30.1 Å². The van der Waals surface area contributed by atoms with E-state index >= 15 is 0 Å². The molecule has 0 aliphatic carbocycles. The van der Waals surface area contributed by atoms with Crippen molar-refractivity contribution in [2.75, 3.05) is 26.3 Å². The first-order valence-electron chi connectivity index (χ1n) is 9.49. The third-order valence-corrected chi connectivity index (χ3v) is 7.04. The fraction of sp³-hybridized carbons (Fsp3) is 0.381. The lowest BCUT2D eigenvalue weighted by Gasteiger charge is -2.32. The van der Waals surface area contributed by atoms with Crippen LogP contribution in [0.15, 0.2) is 57.9 Å². The Morgan fingerprint density at radius 2 is 1.66 bits per heavy atom. The minimum atomic E-state index is -3.80. The quantitative estimate of drug-likeness (QED) is 0.688. The molecular weight excluding hydrogens is 456 g/mol.